The first kappa shape index (κ1) is 27.2. The molecule has 12 heteroatoms. The van der Waals surface area contributed by atoms with Crippen LogP contribution in [-0.4, -0.2) is 59.5 Å². The molecule has 2 aromatic carbocycles. The van der Waals surface area contributed by atoms with Crippen molar-refractivity contribution < 1.29 is 22.8 Å². The van der Waals surface area contributed by atoms with Crippen LogP contribution in [0.2, 0.25) is 0 Å². The molecule has 0 aliphatic carbocycles. The van der Waals surface area contributed by atoms with Crippen molar-refractivity contribution in [3.63, 3.8) is 0 Å². The van der Waals surface area contributed by atoms with Crippen LogP contribution in [-0.2, 0) is 22.6 Å². The predicted octanol–water partition coefficient (Wildman–Crippen LogP) is 5.10. The smallest absolute Gasteiger partial charge is 0.384 e. The summed E-state index contributed by atoms with van der Waals surface area (Å²) in [5.74, 6) is -2.68. The van der Waals surface area contributed by atoms with Crippen LogP contribution in [0.3, 0.4) is 0 Å². The molecule has 41 heavy (non-hydrogen) atoms. The molecule has 3 aliphatic rings. The molecule has 4 heterocycles. The first-order chi connectivity index (χ1) is 19.7. The van der Waals surface area contributed by atoms with E-state index in [2.05, 4.69) is 21.3 Å². The van der Waals surface area contributed by atoms with Crippen molar-refractivity contribution in [1.29, 1.82) is 5.26 Å². The number of nitrogens with one attached hydrogen (secondary N) is 1. The van der Waals surface area contributed by atoms with E-state index in [4.69, 9.17) is 0 Å². The summed E-state index contributed by atoms with van der Waals surface area (Å²) in [7, 11) is 1.93. The van der Waals surface area contributed by atoms with Crippen molar-refractivity contribution in [2.24, 2.45) is 0 Å². The number of fused-ring (bicyclic) bond motifs is 2. The minimum absolute atomic E-state index is 0.0122. The number of nitriles is 1. The minimum Gasteiger partial charge on any atom is -0.384 e. The van der Waals surface area contributed by atoms with Crippen molar-refractivity contribution in [3.05, 3.63) is 69.7 Å². The number of nitrogens with zero attached hydrogens (tertiary/aromatic N) is 5. The molecule has 0 bridgehead atoms. The Balaban J connectivity index is 1.33. The Hall–Kier alpha value is -3.95. The number of alkyl halides is 3. The lowest BCUT2D eigenvalue weighted by molar-refractivity contribution is -0.169. The number of aromatic nitrogens is 1. The lowest BCUT2D eigenvalue weighted by Crippen LogP contribution is -2.38. The molecular formula is C29H27F3N6O2S. The number of amides is 2. The van der Waals surface area contributed by atoms with Crippen LogP contribution in [0.4, 0.5) is 29.7 Å². The fourth-order valence-electron chi connectivity index (χ4n) is 6.01. The Morgan fingerprint density at radius 3 is 2.78 bits per heavy atom. The number of thiazole rings is 1. The average Bonchev–Trinajstić information content (AvgIpc) is 3.70. The van der Waals surface area contributed by atoms with E-state index in [1.54, 1.807) is 35.2 Å². The van der Waals surface area contributed by atoms with E-state index >= 15 is 0 Å². The number of carbonyl (C=O) groups excluding carboxylic acids is 2. The molecule has 2 unspecified atom stereocenters. The molecule has 0 saturated carbocycles. The zero-order valence-electron chi connectivity index (χ0n) is 22.2. The largest absolute Gasteiger partial charge is 0.472 e. The van der Waals surface area contributed by atoms with Gasteiger partial charge in [0.05, 0.1) is 35.0 Å². The third kappa shape index (κ3) is 4.93. The maximum atomic E-state index is 13.8. The number of benzene rings is 2. The van der Waals surface area contributed by atoms with Gasteiger partial charge < -0.3 is 15.1 Å². The average molecular weight is 581 g/mol. The van der Waals surface area contributed by atoms with Crippen molar-refractivity contribution in [2.75, 3.05) is 36.9 Å². The highest BCUT2D eigenvalue weighted by Gasteiger charge is 2.45. The maximum Gasteiger partial charge on any atom is 0.472 e. The van der Waals surface area contributed by atoms with Crippen LogP contribution in [0.5, 0.6) is 0 Å². The molecule has 2 amide bonds. The van der Waals surface area contributed by atoms with Gasteiger partial charge in [-0.3, -0.25) is 9.59 Å². The van der Waals surface area contributed by atoms with Gasteiger partial charge in [0.15, 0.2) is 5.13 Å². The summed E-state index contributed by atoms with van der Waals surface area (Å²) in [6, 6.07) is 13.5. The van der Waals surface area contributed by atoms with Crippen molar-refractivity contribution in [3.8, 4) is 6.07 Å². The highest BCUT2D eigenvalue weighted by Crippen LogP contribution is 2.42. The van der Waals surface area contributed by atoms with E-state index in [0.717, 1.165) is 34.9 Å². The molecule has 1 N–H and O–H groups in total. The number of anilines is 3. The molecular weight excluding hydrogens is 553 g/mol. The standard InChI is InChI=1S/C29H27F3N6O2S/c1-36-12-10-21-24(16-36)41-28(35-21)38(27(40)29(30,31)32)19-7-2-5-17(13-19)23-9-4-11-37(23)26(39)20-15-34-22-8-3-6-18(14-33)25(20)22/h2-3,5-8,13,20,23,34H,4,9-12,15-16H2,1H3. The molecule has 3 aromatic rings. The quantitative estimate of drug-likeness (QED) is 0.462. The van der Waals surface area contributed by atoms with Crippen molar-refractivity contribution in [1.82, 2.24) is 14.8 Å². The van der Waals surface area contributed by atoms with E-state index < -0.39 is 18.0 Å². The Morgan fingerprint density at radius 2 is 2.00 bits per heavy atom. The van der Waals surface area contributed by atoms with Crippen LogP contribution in [0.1, 0.15) is 52.1 Å². The lowest BCUT2D eigenvalue weighted by Gasteiger charge is -2.29. The first-order valence-corrected chi connectivity index (χ1v) is 14.2. The van der Waals surface area contributed by atoms with Crippen LogP contribution >= 0.6 is 11.3 Å². The van der Waals surface area contributed by atoms with Gasteiger partial charge in [0.1, 0.15) is 0 Å². The van der Waals surface area contributed by atoms with Gasteiger partial charge >= 0.3 is 12.1 Å². The molecule has 0 radical (unpaired) electrons. The number of hydrogen-bond donors (Lipinski definition) is 1. The highest BCUT2D eigenvalue weighted by atomic mass is 32.1. The van der Waals surface area contributed by atoms with E-state index in [9.17, 15) is 28.0 Å². The van der Waals surface area contributed by atoms with Crippen LogP contribution in [0.25, 0.3) is 0 Å². The third-order valence-electron chi connectivity index (χ3n) is 7.97. The van der Waals surface area contributed by atoms with Gasteiger partial charge in [-0.25, -0.2) is 9.88 Å². The molecule has 1 saturated heterocycles. The van der Waals surface area contributed by atoms with Crippen molar-refractivity contribution in [2.45, 2.75) is 43.9 Å². The van der Waals surface area contributed by atoms with Gasteiger partial charge in [-0.15, -0.1) is 0 Å². The Labute approximate surface area is 239 Å². The second kappa shape index (κ2) is 10.5. The maximum absolute atomic E-state index is 13.8. The van der Waals surface area contributed by atoms with E-state index in [-0.39, 0.29) is 22.8 Å². The molecule has 3 aliphatic heterocycles. The number of likely N-dealkylation sites (N-methyl/N-ethyl adjacent to an activating group) is 1. The zero-order valence-corrected chi connectivity index (χ0v) is 23.1. The number of hydrogen-bond acceptors (Lipinski definition) is 7. The topological polar surface area (TPSA) is 92.6 Å². The number of likely N-dealkylation sites (tertiary alicyclic amines) is 1. The Kier molecular flexibility index (Phi) is 6.95. The first-order valence-electron chi connectivity index (χ1n) is 13.4. The van der Waals surface area contributed by atoms with Gasteiger partial charge in [0, 0.05) is 48.7 Å². The second-order valence-corrected chi connectivity index (χ2v) is 11.7. The molecule has 8 nitrogen and oxygen atoms in total. The molecule has 212 valence electrons. The van der Waals surface area contributed by atoms with Gasteiger partial charge in [-0.05, 0) is 49.7 Å². The molecule has 1 fully saturated rings. The fourth-order valence-corrected chi connectivity index (χ4v) is 7.22. The normalized spacial score (nSPS) is 20.2. The van der Waals surface area contributed by atoms with Gasteiger partial charge in [0.2, 0.25) is 5.91 Å². The van der Waals surface area contributed by atoms with Gasteiger partial charge in [-0.2, -0.15) is 18.4 Å². The number of rotatable bonds is 4. The highest BCUT2D eigenvalue weighted by molar-refractivity contribution is 7.16. The SMILES string of the molecule is CN1CCc2nc(N(C(=O)C(F)(F)F)c3cccc(C4CCCN4C(=O)C4CNc5cccc(C#N)c54)c3)sc2C1. The summed E-state index contributed by atoms with van der Waals surface area (Å²) in [4.78, 5) is 36.4. The zero-order chi connectivity index (χ0) is 28.9. The molecule has 2 atom stereocenters. The minimum atomic E-state index is -5.10. The van der Waals surface area contributed by atoms with Gasteiger partial charge in [0.25, 0.3) is 0 Å². The van der Waals surface area contributed by atoms with Crippen LogP contribution < -0.4 is 10.2 Å². The Bertz CT molecular complexity index is 1560. The number of carbonyl (C=O) groups is 2. The molecule has 0 spiro atoms. The summed E-state index contributed by atoms with van der Waals surface area (Å²) < 4.78 is 41.5. The molecule has 6 rings (SSSR count). The summed E-state index contributed by atoms with van der Waals surface area (Å²) in [6.07, 6.45) is -3.14. The fraction of sp³-hybridized carbons (Fsp3) is 0.379. The lowest BCUT2D eigenvalue weighted by atomic mass is 9.94. The van der Waals surface area contributed by atoms with E-state index in [1.807, 2.05) is 13.1 Å². The predicted molar refractivity (Wildman–Crippen MR) is 148 cm³/mol. The van der Waals surface area contributed by atoms with E-state index in [1.165, 1.54) is 6.07 Å². The summed E-state index contributed by atoms with van der Waals surface area (Å²) in [6.45, 7) is 2.16. The van der Waals surface area contributed by atoms with E-state index in [0.29, 0.717) is 59.8 Å². The number of halogens is 3. The monoisotopic (exact) mass is 580 g/mol. The van der Waals surface area contributed by atoms with Crippen LogP contribution in [0.15, 0.2) is 42.5 Å². The van der Waals surface area contributed by atoms with Crippen LogP contribution in [0, 0.1) is 11.3 Å². The van der Waals surface area contributed by atoms with Gasteiger partial charge in [-0.1, -0.05) is 29.5 Å². The summed E-state index contributed by atoms with van der Waals surface area (Å²) in [5, 5.41) is 12.8. The summed E-state index contributed by atoms with van der Waals surface area (Å²) >= 11 is 1.10. The molecule has 1 aromatic heterocycles. The van der Waals surface area contributed by atoms with Crippen molar-refractivity contribution >= 4 is 39.7 Å². The second-order valence-electron chi connectivity index (χ2n) is 10.6. The summed E-state index contributed by atoms with van der Waals surface area (Å²) in [5.41, 5.74) is 3.31. The Morgan fingerprint density at radius 1 is 1.20 bits per heavy atom. The third-order valence-corrected chi connectivity index (χ3v) is 9.03.